The van der Waals surface area contributed by atoms with Crippen molar-refractivity contribution in [3.63, 3.8) is 0 Å². The number of hydrogen-bond acceptors (Lipinski definition) is 3. The highest BCUT2D eigenvalue weighted by Gasteiger charge is 2.10. The quantitative estimate of drug-likeness (QED) is 0.547. The van der Waals surface area contributed by atoms with Gasteiger partial charge in [0, 0.05) is 12.4 Å². The van der Waals surface area contributed by atoms with Crippen molar-refractivity contribution < 1.29 is 14.0 Å². The van der Waals surface area contributed by atoms with Crippen LogP contribution in [0.5, 0.6) is 0 Å². The van der Waals surface area contributed by atoms with E-state index >= 15 is 0 Å². The normalized spacial score (nSPS) is 11.1. The van der Waals surface area contributed by atoms with Gasteiger partial charge in [-0.15, -0.1) is 0 Å². The van der Waals surface area contributed by atoms with Crippen molar-refractivity contribution in [3.8, 4) is 0 Å². The molecular formula is C11H17N2O2+. The second-order valence-electron chi connectivity index (χ2n) is 4.39. The van der Waals surface area contributed by atoms with Crippen LogP contribution in [0.25, 0.3) is 0 Å². The average Bonchev–Trinajstić information content (AvgIpc) is 2.17. The van der Waals surface area contributed by atoms with Crippen molar-refractivity contribution in [2.24, 2.45) is 0 Å². The lowest BCUT2D eigenvalue weighted by Gasteiger charge is -2.23. The number of esters is 1. The van der Waals surface area contributed by atoms with E-state index in [1.54, 1.807) is 18.3 Å². The first kappa shape index (κ1) is 11.7. The van der Waals surface area contributed by atoms with E-state index in [0.29, 0.717) is 12.2 Å². The van der Waals surface area contributed by atoms with Crippen molar-refractivity contribution in [3.05, 3.63) is 30.1 Å². The Morgan fingerprint density at radius 1 is 1.47 bits per heavy atom. The Kier molecular flexibility index (Phi) is 3.80. The van der Waals surface area contributed by atoms with Crippen LogP contribution in [0.2, 0.25) is 0 Å². The van der Waals surface area contributed by atoms with Crippen molar-refractivity contribution in [2.75, 3.05) is 34.3 Å². The lowest BCUT2D eigenvalue weighted by Crippen LogP contribution is -2.38. The van der Waals surface area contributed by atoms with Gasteiger partial charge in [0.15, 0.2) is 0 Å². The molecule has 15 heavy (non-hydrogen) atoms. The molecular weight excluding hydrogens is 192 g/mol. The second kappa shape index (κ2) is 4.89. The largest absolute Gasteiger partial charge is 0.456 e. The number of carbonyl (C=O) groups excluding carboxylic acids is 1. The zero-order valence-corrected chi connectivity index (χ0v) is 9.43. The summed E-state index contributed by atoms with van der Waals surface area (Å²) < 4.78 is 5.89. The number of nitrogens with zero attached hydrogens (tertiary/aromatic N) is 2. The fourth-order valence-corrected chi connectivity index (χ4v) is 0.979. The van der Waals surface area contributed by atoms with E-state index in [1.165, 1.54) is 6.20 Å². The molecule has 0 radical (unpaired) electrons. The predicted octanol–water partition coefficient (Wildman–Crippen LogP) is 0.945. The molecule has 0 aliphatic rings. The van der Waals surface area contributed by atoms with Crippen LogP contribution in [0.15, 0.2) is 24.5 Å². The van der Waals surface area contributed by atoms with E-state index in [1.807, 2.05) is 0 Å². The molecule has 0 aliphatic carbocycles. The molecule has 0 saturated heterocycles. The van der Waals surface area contributed by atoms with E-state index in [2.05, 4.69) is 26.1 Å². The van der Waals surface area contributed by atoms with Crippen LogP contribution in [0.4, 0.5) is 0 Å². The first-order valence-corrected chi connectivity index (χ1v) is 4.87. The van der Waals surface area contributed by atoms with Crippen LogP contribution in [-0.2, 0) is 4.74 Å². The van der Waals surface area contributed by atoms with Gasteiger partial charge in [0.25, 0.3) is 0 Å². The van der Waals surface area contributed by atoms with Gasteiger partial charge in [-0.25, -0.2) is 4.79 Å². The number of likely N-dealkylation sites (N-methyl/N-ethyl adjacent to an activating group) is 1. The highest BCUT2D eigenvalue weighted by molar-refractivity contribution is 5.88. The Morgan fingerprint density at radius 3 is 2.73 bits per heavy atom. The molecule has 0 saturated carbocycles. The van der Waals surface area contributed by atoms with Crippen LogP contribution < -0.4 is 0 Å². The summed E-state index contributed by atoms with van der Waals surface area (Å²) in [5.41, 5.74) is 0.499. The van der Waals surface area contributed by atoms with Gasteiger partial charge in [0.1, 0.15) is 13.2 Å². The summed E-state index contributed by atoms with van der Waals surface area (Å²) in [6.45, 7) is 1.23. The third kappa shape index (κ3) is 4.56. The molecule has 0 aromatic carbocycles. The Balaban J connectivity index is 2.38. The summed E-state index contributed by atoms with van der Waals surface area (Å²) in [4.78, 5) is 15.3. The molecule has 1 aromatic rings. The molecule has 0 amide bonds. The van der Waals surface area contributed by atoms with Crippen molar-refractivity contribution in [2.45, 2.75) is 0 Å². The fourth-order valence-electron chi connectivity index (χ4n) is 0.979. The molecule has 0 unspecified atom stereocenters. The molecule has 0 fully saturated rings. The third-order valence-electron chi connectivity index (χ3n) is 1.89. The molecule has 4 nitrogen and oxygen atoms in total. The van der Waals surface area contributed by atoms with Crippen LogP contribution in [0.1, 0.15) is 10.4 Å². The summed E-state index contributed by atoms with van der Waals surface area (Å²) in [7, 11) is 6.16. The molecule has 1 aromatic heterocycles. The smallest absolute Gasteiger partial charge is 0.339 e. The first-order chi connectivity index (χ1) is 6.99. The Labute approximate surface area is 90.1 Å². The SMILES string of the molecule is C[N+](C)(C)CCOC(=O)c1cccnc1. The van der Waals surface area contributed by atoms with Crippen LogP contribution in [-0.4, -0.2) is 49.7 Å². The summed E-state index contributed by atoms with van der Waals surface area (Å²) in [6.07, 6.45) is 3.14. The molecule has 0 aliphatic heterocycles. The highest BCUT2D eigenvalue weighted by Crippen LogP contribution is 1.99. The summed E-state index contributed by atoms with van der Waals surface area (Å²) in [5.74, 6) is -0.309. The molecule has 0 spiro atoms. The Hall–Kier alpha value is -1.42. The Bertz CT molecular complexity index is 317. The van der Waals surface area contributed by atoms with Gasteiger partial charge in [0.05, 0.1) is 26.7 Å². The maximum atomic E-state index is 11.5. The van der Waals surface area contributed by atoms with E-state index < -0.39 is 0 Å². The zero-order valence-electron chi connectivity index (χ0n) is 9.43. The zero-order chi connectivity index (χ0) is 11.3. The van der Waals surface area contributed by atoms with E-state index in [4.69, 9.17) is 4.74 Å². The van der Waals surface area contributed by atoms with Gasteiger partial charge in [-0.1, -0.05) is 0 Å². The van der Waals surface area contributed by atoms with Gasteiger partial charge in [-0.2, -0.15) is 0 Å². The number of hydrogen-bond donors (Lipinski definition) is 0. The number of quaternary nitrogens is 1. The van der Waals surface area contributed by atoms with Crippen molar-refractivity contribution in [1.29, 1.82) is 0 Å². The standard InChI is InChI=1S/C11H17N2O2/c1-13(2,3)7-8-15-11(14)10-5-4-6-12-9-10/h4-6,9H,7-8H2,1-3H3/q+1. The molecule has 1 heterocycles. The van der Waals surface area contributed by atoms with E-state index in [0.717, 1.165) is 11.0 Å². The van der Waals surface area contributed by atoms with Gasteiger partial charge in [-0.05, 0) is 12.1 Å². The number of carbonyl (C=O) groups is 1. The summed E-state index contributed by atoms with van der Waals surface area (Å²) in [6, 6.07) is 3.41. The van der Waals surface area contributed by atoms with Crippen LogP contribution >= 0.6 is 0 Å². The number of pyridine rings is 1. The summed E-state index contributed by atoms with van der Waals surface area (Å²) >= 11 is 0. The number of aromatic nitrogens is 1. The minimum Gasteiger partial charge on any atom is -0.456 e. The highest BCUT2D eigenvalue weighted by atomic mass is 16.5. The van der Waals surface area contributed by atoms with Gasteiger partial charge >= 0.3 is 5.97 Å². The van der Waals surface area contributed by atoms with Crippen molar-refractivity contribution in [1.82, 2.24) is 4.98 Å². The number of ether oxygens (including phenoxy) is 1. The minimum absolute atomic E-state index is 0.309. The minimum atomic E-state index is -0.309. The Morgan fingerprint density at radius 2 is 2.20 bits per heavy atom. The molecule has 0 bridgehead atoms. The van der Waals surface area contributed by atoms with Gasteiger partial charge < -0.3 is 9.22 Å². The molecule has 1 rings (SSSR count). The molecule has 0 N–H and O–H groups in total. The number of rotatable bonds is 4. The third-order valence-corrected chi connectivity index (χ3v) is 1.89. The molecule has 0 atom stereocenters. The van der Waals surface area contributed by atoms with Crippen molar-refractivity contribution >= 4 is 5.97 Å². The topological polar surface area (TPSA) is 39.2 Å². The maximum Gasteiger partial charge on any atom is 0.339 e. The van der Waals surface area contributed by atoms with Gasteiger partial charge in [-0.3, -0.25) is 4.98 Å². The predicted molar refractivity (Wildman–Crippen MR) is 57.4 cm³/mol. The van der Waals surface area contributed by atoms with Gasteiger partial charge in [0.2, 0.25) is 0 Å². The van der Waals surface area contributed by atoms with E-state index in [9.17, 15) is 4.79 Å². The summed E-state index contributed by atoms with van der Waals surface area (Å²) in [5, 5.41) is 0. The second-order valence-corrected chi connectivity index (χ2v) is 4.39. The maximum absolute atomic E-state index is 11.5. The van der Waals surface area contributed by atoms with Crippen LogP contribution in [0, 0.1) is 0 Å². The van der Waals surface area contributed by atoms with Crippen LogP contribution in [0.3, 0.4) is 0 Å². The first-order valence-electron chi connectivity index (χ1n) is 4.87. The average molecular weight is 209 g/mol. The monoisotopic (exact) mass is 209 g/mol. The fraction of sp³-hybridized carbons (Fsp3) is 0.455. The molecule has 82 valence electrons. The lowest BCUT2D eigenvalue weighted by atomic mass is 10.3. The van der Waals surface area contributed by atoms with E-state index in [-0.39, 0.29) is 5.97 Å². The lowest BCUT2D eigenvalue weighted by molar-refractivity contribution is -0.870. The molecule has 4 heteroatoms.